The number of anilines is 1. The van der Waals surface area contributed by atoms with E-state index in [-0.39, 0.29) is 5.82 Å². The fourth-order valence-corrected chi connectivity index (χ4v) is 3.37. The van der Waals surface area contributed by atoms with Gasteiger partial charge in [0.2, 0.25) is 0 Å². The molecule has 1 unspecified atom stereocenters. The van der Waals surface area contributed by atoms with E-state index in [9.17, 15) is 4.39 Å². The number of pyridine rings is 1. The molecular weight excluding hydrogens is 345 g/mol. The number of hydrogen-bond donors (Lipinski definition) is 1. The van der Waals surface area contributed by atoms with Crippen molar-refractivity contribution in [1.29, 1.82) is 5.41 Å². The zero-order chi connectivity index (χ0) is 18.8. The Morgan fingerprint density at radius 3 is 2.85 bits per heavy atom. The van der Waals surface area contributed by atoms with Crippen LogP contribution < -0.4 is 4.90 Å². The number of hydrogen-bond acceptors (Lipinski definition) is 6. The van der Waals surface area contributed by atoms with Gasteiger partial charge in [-0.3, -0.25) is 4.99 Å². The van der Waals surface area contributed by atoms with E-state index in [1.807, 2.05) is 12.1 Å². The van der Waals surface area contributed by atoms with Gasteiger partial charge in [0.1, 0.15) is 11.6 Å². The van der Waals surface area contributed by atoms with Crippen molar-refractivity contribution in [2.24, 2.45) is 9.98 Å². The molecule has 1 aromatic carbocycles. The van der Waals surface area contributed by atoms with Crippen LogP contribution >= 0.6 is 0 Å². The quantitative estimate of drug-likeness (QED) is 0.707. The lowest BCUT2D eigenvalue weighted by Crippen LogP contribution is -2.36. The zero-order valence-corrected chi connectivity index (χ0v) is 15.0. The van der Waals surface area contributed by atoms with Gasteiger partial charge in [0.05, 0.1) is 30.5 Å². The summed E-state index contributed by atoms with van der Waals surface area (Å²) in [7, 11) is 1.62. The van der Waals surface area contributed by atoms with Crippen LogP contribution in [-0.2, 0) is 4.74 Å². The molecule has 1 aromatic heterocycles. The summed E-state index contributed by atoms with van der Waals surface area (Å²) >= 11 is 0. The summed E-state index contributed by atoms with van der Waals surface area (Å²) in [4.78, 5) is 15.1. The number of fused-ring (bicyclic) bond motifs is 1. The Balaban J connectivity index is 1.65. The first kappa shape index (κ1) is 17.5. The molecule has 1 N–H and O–H groups in total. The number of morpholine rings is 1. The molecule has 1 fully saturated rings. The summed E-state index contributed by atoms with van der Waals surface area (Å²) in [5.41, 5.74) is 3.73. The van der Waals surface area contributed by atoms with Gasteiger partial charge in [0.25, 0.3) is 0 Å². The van der Waals surface area contributed by atoms with Crippen LogP contribution in [0.5, 0.6) is 0 Å². The maximum atomic E-state index is 14.4. The van der Waals surface area contributed by atoms with Gasteiger partial charge in [-0.1, -0.05) is 0 Å². The van der Waals surface area contributed by atoms with Crippen LogP contribution in [0.15, 0.2) is 40.4 Å². The Morgan fingerprint density at radius 2 is 2.11 bits per heavy atom. The van der Waals surface area contributed by atoms with Crippen LogP contribution in [-0.4, -0.2) is 56.5 Å². The smallest absolute Gasteiger partial charge is 0.129 e. The van der Waals surface area contributed by atoms with Crippen LogP contribution in [0.1, 0.15) is 22.6 Å². The van der Waals surface area contributed by atoms with Gasteiger partial charge in [-0.15, -0.1) is 0 Å². The SMILES string of the molecule is CN=CC(C=N)c1cc2c(cc1F)N=C2c1ccnc(N2CCOCC2)c1. The molecule has 2 aliphatic heterocycles. The van der Waals surface area contributed by atoms with E-state index in [1.165, 1.54) is 12.3 Å². The molecule has 27 heavy (non-hydrogen) atoms. The number of nitrogens with zero attached hydrogens (tertiary/aromatic N) is 4. The van der Waals surface area contributed by atoms with Gasteiger partial charge < -0.3 is 15.0 Å². The van der Waals surface area contributed by atoms with Crippen molar-refractivity contribution in [3.63, 3.8) is 0 Å². The van der Waals surface area contributed by atoms with Gasteiger partial charge in [0.15, 0.2) is 0 Å². The van der Waals surface area contributed by atoms with Crippen molar-refractivity contribution >= 4 is 29.6 Å². The highest BCUT2D eigenvalue weighted by atomic mass is 19.1. The molecule has 0 saturated carbocycles. The first-order chi connectivity index (χ1) is 13.2. The molecule has 4 rings (SSSR count). The number of aromatic nitrogens is 1. The monoisotopic (exact) mass is 365 g/mol. The highest BCUT2D eigenvalue weighted by Crippen LogP contribution is 2.36. The van der Waals surface area contributed by atoms with Crippen LogP contribution in [0.4, 0.5) is 15.9 Å². The summed E-state index contributed by atoms with van der Waals surface area (Å²) in [5.74, 6) is 0.0435. The molecule has 1 saturated heterocycles. The Labute approximate surface area is 156 Å². The third-order valence-electron chi connectivity index (χ3n) is 4.80. The molecule has 2 aliphatic rings. The Kier molecular flexibility index (Phi) is 4.77. The molecule has 3 heterocycles. The van der Waals surface area contributed by atoms with Crippen molar-refractivity contribution in [3.8, 4) is 0 Å². The number of benzene rings is 1. The number of ether oxygens (including phenoxy) is 1. The van der Waals surface area contributed by atoms with Gasteiger partial charge in [-0.05, 0) is 18.2 Å². The standard InChI is InChI=1S/C20H20FN5O/c1-23-12-14(11-22)15-9-16-18(10-17(15)21)25-20(16)13-2-3-24-19(8-13)26-4-6-27-7-5-26/h2-3,8-12,14,22H,4-7H2,1H3. The second kappa shape index (κ2) is 7.36. The molecule has 6 nitrogen and oxygen atoms in total. The van der Waals surface area contributed by atoms with Crippen molar-refractivity contribution in [2.45, 2.75) is 5.92 Å². The third kappa shape index (κ3) is 3.26. The highest BCUT2D eigenvalue weighted by molar-refractivity contribution is 6.22. The third-order valence-corrected chi connectivity index (χ3v) is 4.80. The van der Waals surface area contributed by atoms with Gasteiger partial charge in [-0.25, -0.2) is 14.4 Å². The minimum atomic E-state index is -0.483. The number of rotatable bonds is 5. The lowest BCUT2D eigenvalue weighted by atomic mass is 9.90. The van der Waals surface area contributed by atoms with Gasteiger partial charge >= 0.3 is 0 Å². The summed E-state index contributed by atoms with van der Waals surface area (Å²) in [6.45, 7) is 3.02. The second-order valence-electron chi connectivity index (χ2n) is 6.45. The summed E-state index contributed by atoms with van der Waals surface area (Å²) in [5, 5.41) is 7.56. The molecule has 1 atom stereocenters. The van der Waals surface area contributed by atoms with Crippen LogP contribution in [0.25, 0.3) is 0 Å². The molecule has 0 radical (unpaired) electrons. The van der Waals surface area contributed by atoms with Crippen molar-refractivity contribution in [2.75, 3.05) is 38.3 Å². The largest absolute Gasteiger partial charge is 0.378 e. The summed E-state index contributed by atoms with van der Waals surface area (Å²) < 4.78 is 19.8. The zero-order valence-electron chi connectivity index (χ0n) is 15.0. The topological polar surface area (TPSA) is 73.9 Å². The van der Waals surface area contributed by atoms with Crippen LogP contribution in [0.2, 0.25) is 0 Å². The fourth-order valence-electron chi connectivity index (χ4n) is 3.37. The first-order valence-corrected chi connectivity index (χ1v) is 8.85. The van der Waals surface area contributed by atoms with Crippen LogP contribution in [0.3, 0.4) is 0 Å². The highest BCUT2D eigenvalue weighted by Gasteiger charge is 2.25. The van der Waals surface area contributed by atoms with Crippen molar-refractivity contribution in [3.05, 3.63) is 53.0 Å². The molecule has 0 aliphatic carbocycles. The van der Waals surface area contributed by atoms with E-state index in [2.05, 4.69) is 19.9 Å². The van der Waals surface area contributed by atoms with E-state index in [0.717, 1.165) is 35.7 Å². The second-order valence-corrected chi connectivity index (χ2v) is 6.45. The number of nitrogens with one attached hydrogen (secondary N) is 1. The Morgan fingerprint density at radius 1 is 1.30 bits per heavy atom. The molecule has 0 amide bonds. The lowest BCUT2D eigenvalue weighted by molar-refractivity contribution is 0.122. The normalized spacial score (nSPS) is 17.3. The average molecular weight is 365 g/mol. The minimum absolute atomic E-state index is 0.367. The van der Waals surface area contributed by atoms with Crippen molar-refractivity contribution < 1.29 is 9.13 Å². The van der Waals surface area contributed by atoms with Crippen LogP contribution in [0, 0.1) is 11.2 Å². The Bertz CT molecular complexity index is 934. The fraction of sp³-hybridized carbons (Fsp3) is 0.300. The summed E-state index contributed by atoms with van der Waals surface area (Å²) in [6, 6.07) is 7.13. The maximum absolute atomic E-state index is 14.4. The van der Waals surface area contributed by atoms with E-state index in [1.54, 1.807) is 25.5 Å². The molecule has 7 heteroatoms. The average Bonchev–Trinajstić information content (AvgIpc) is 2.70. The van der Waals surface area contributed by atoms with E-state index in [0.29, 0.717) is 24.5 Å². The number of aliphatic imine (C=N–C) groups is 2. The van der Waals surface area contributed by atoms with E-state index in [4.69, 9.17) is 10.1 Å². The van der Waals surface area contributed by atoms with Gasteiger partial charge in [0, 0.05) is 61.5 Å². The molecule has 2 aromatic rings. The van der Waals surface area contributed by atoms with E-state index < -0.39 is 5.92 Å². The minimum Gasteiger partial charge on any atom is -0.378 e. The van der Waals surface area contributed by atoms with E-state index >= 15 is 0 Å². The maximum Gasteiger partial charge on any atom is 0.129 e. The number of halogens is 1. The first-order valence-electron chi connectivity index (χ1n) is 8.85. The molecular formula is C20H20FN5O. The Hall–Kier alpha value is -2.93. The molecule has 138 valence electrons. The predicted octanol–water partition coefficient (Wildman–Crippen LogP) is 2.97. The van der Waals surface area contributed by atoms with Crippen molar-refractivity contribution in [1.82, 2.24) is 4.98 Å². The molecule has 0 bridgehead atoms. The summed E-state index contributed by atoms with van der Waals surface area (Å²) in [6.07, 6.45) is 4.53. The molecule has 0 spiro atoms. The van der Waals surface area contributed by atoms with Gasteiger partial charge in [-0.2, -0.15) is 0 Å². The lowest BCUT2D eigenvalue weighted by Gasteiger charge is -2.28. The predicted molar refractivity (Wildman–Crippen MR) is 105 cm³/mol.